The fraction of sp³-hybridized carbons (Fsp3) is 0.143. The van der Waals surface area contributed by atoms with Crippen LogP contribution in [0.2, 0.25) is 0 Å². The van der Waals surface area contributed by atoms with E-state index in [-0.39, 0.29) is 11.4 Å². The molecule has 0 saturated heterocycles. The Morgan fingerprint density at radius 2 is 2.24 bits per heavy atom. The SMILES string of the molecule is CCn1c(=O)[nH]c2nccc(Oc3ccc(N)c(F)c3)c21. The Hall–Kier alpha value is -2.83. The fourth-order valence-electron chi connectivity index (χ4n) is 2.14. The van der Waals surface area contributed by atoms with Crippen LogP contribution in [0, 0.1) is 5.82 Å². The van der Waals surface area contributed by atoms with Crippen molar-refractivity contribution in [2.75, 3.05) is 5.73 Å². The molecule has 21 heavy (non-hydrogen) atoms. The summed E-state index contributed by atoms with van der Waals surface area (Å²) in [5.41, 5.74) is 6.19. The van der Waals surface area contributed by atoms with Crippen LogP contribution in [-0.2, 0) is 6.54 Å². The Morgan fingerprint density at radius 3 is 2.95 bits per heavy atom. The third-order valence-electron chi connectivity index (χ3n) is 3.14. The fourth-order valence-corrected chi connectivity index (χ4v) is 2.14. The molecule has 0 aliphatic heterocycles. The lowest BCUT2D eigenvalue weighted by atomic mass is 10.3. The van der Waals surface area contributed by atoms with Gasteiger partial charge in [0.2, 0.25) is 0 Å². The number of fused-ring (bicyclic) bond motifs is 1. The maximum atomic E-state index is 13.5. The molecule has 0 aliphatic carbocycles. The first-order valence-electron chi connectivity index (χ1n) is 6.40. The Bertz CT molecular complexity index is 869. The van der Waals surface area contributed by atoms with E-state index in [1.54, 1.807) is 12.1 Å². The highest BCUT2D eigenvalue weighted by Gasteiger charge is 2.13. The molecule has 108 valence electrons. The predicted molar refractivity (Wildman–Crippen MR) is 76.9 cm³/mol. The average molecular weight is 288 g/mol. The van der Waals surface area contributed by atoms with Crippen LogP contribution >= 0.6 is 0 Å². The maximum absolute atomic E-state index is 13.5. The number of aryl methyl sites for hydroxylation is 1. The van der Waals surface area contributed by atoms with Gasteiger partial charge in [-0.15, -0.1) is 0 Å². The largest absolute Gasteiger partial charge is 0.455 e. The molecule has 0 amide bonds. The van der Waals surface area contributed by atoms with Gasteiger partial charge in [0.15, 0.2) is 11.4 Å². The van der Waals surface area contributed by atoms with Crippen LogP contribution < -0.4 is 16.2 Å². The van der Waals surface area contributed by atoms with Crippen LogP contribution in [0.5, 0.6) is 11.5 Å². The van der Waals surface area contributed by atoms with Crippen LogP contribution in [-0.4, -0.2) is 14.5 Å². The van der Waals surface area contributed by atoms with Crippen molar-refractivity contribution in [2.45, 2.75) is 13.5 Å². The quantitative estimate of drug-likeness (QED) is 0.724. The molecular weight excluding hydrogens is 275 g/mol. The molecule has 0 spiro atoms. The highest BCUT2D eigenvalue weighted by Crippen LogP contribution is 2.28. The Kier molecular flexibility index (Phi) is 3.09. The highest BCUT2D eigenvalue weighted by molar-refractivity contribution is 5.78. The predicted octanol–water partition coefficient (Wildman–Crippen LogP) is 2.26. The van der Waals surface area contributed by atoms with Crippen molar-refractivity contribution < 1.29 is 9.13 Å². The number of aromatic nitrogens is 3. The number of nitrogens with two attached hydrogens (primary N) is 1. The van der Waals surface area contributed by atoms with Gasteiger partial charge >= 0.3 is 5.69 Å². The molecule has 2 aromatic heterocycles. The van der Waals surface area contributed by atoms with Gasteiger partial charge in [-0.2, -0.15) is 0 Å². The zero-order chi connectivity index (χ0) is 15.0. The van der Waals surface area contributed by atoms with E-state index in [4.69, 9.17) is 10.5 Å². The van der Waals surface area contributed by atoms with Gasteiger partial charge in [0.1, 0.15) is 17.1 Å². The second-order valence-electron chi connectivity index (χ2n) is 4.47. The van der Waals surface area contributed by atoms with Crippen molar-refractivity contribution in [1.82, 2.24) is 14.5 Å². The minimum Gasteiger partial charge on any atom is -0.455 e. The molecule has 0 bridgehead atoms. The molecule has 3 aromatic rings. The van der Waals surface area contributed by atoms with E-state index in [1.165, 1.54) is 22.9 Å². The molecule has 0 radical (unpaired) electrons. The molecule has 2 heterocycles. The third kappa shape index (κ3) is 2.22. The second-order valence-corrected chi connectivity index (χ2v) is 4.47. The lowest BCUT2D eigenvalue weighted by Crippen LogP contribution is -2.15. The zero-order valence-corrected chi connectivity index (χ0v) is 11.3. The van der Waals surface area contributed by atoms with E-state index in [1.807, 2.05) is 6.92 Å². The molecule has 0 atom stereocenters. The van der Waals surface area contributed by atoms with E-state index in [2.05, 4.69) is 9.97 Å². The van der Waals surface area contributed by atoms with Gasteiger partial charge in [-0.3, -0.25) is 9.55 Å². The minimum absolute atomic E-state index is 0.0503. The van der Waals surface area contributed by atoms with Gasteiger partial charge < -0.3 is 10.5 Å². The number of nitrogens with zero attached hydrogens (tertiary/aromatic N) is 2. The lowest BCUT2D eigenvalue weighted by molar-refractivity contribution is 0.478. The van der Waals surface area contributed by atoms with E-state index in [9.17, 15) is 9.18 Å². The summed E-state index contributed by atoms with van der Waals surface area (Å²) in [6, 6.07) is 5.80. The molecule has 0 aliphatic rings. The zero-order valence-electron chi connectivity index (χ0n) is 11.3. The summed E-state index contributed by atoms with van der Waals surface area (Å²) in [5.74, 6) is 0.162. The van der Waals surface area contributed by atoms with Crippen molar-refractivity contribution in [3.8, 4) is 11.5 Å². The Labute approximate surface area is 119 Å². The van der Waals surface area contributed by atoms with Crippen molar-refractivity contribution in [3.05, 3.63) is 46.8 Å². The molecule has 0 fully saturated rings. The third-order valence-corrected chi connectivity index (χ3v) is 3.14. The molecule has 7 heteroatoms. The first-order chi connectivity index (χ1) is 10.1. The van der Waals surface area contributed by atoms with E-state index in [0.29, 0.717) is 29.2 Å². The number of benzene rings is 1. The second kappa shape index (κ2) is 4.93. The van der Waals surface area contributed by atoms with Crippen LogP contribution in [0.15, 0.2) is 35.3 Å². The summed E-state index contributed by atoms with van der Waals surface area (Å²) in [7, 11) is 0. The van der Waals surface area contributed by atoms with Crippen LogP contribution in [0.3, 0.4) is 0 Å². The summed E-state index contributed by atoms with van der Waals surface area (Å²) in [5, 5.41) is 0. The molecule has 3 N–H and O–H groups in total. The topological polar surface area (TPSA) is 85.9 Å². The summed E-state index contributed by atoms with van der Waals surface area (Å²) < 4.78 is 20.6. The van der Waals surface area contributed by atoms with E-state index < -0.39 is 5.82 Å². The van der Waals surface area contributed by atoms with Gasteiger partial charge in [-0.05, 0) is 19.1 Å². The minimum atomic E-state index is -0.556. The number of ether oxygens (including phenoxy) is 1. The Balaban J connectivity index is 2.12. The average Bonchev–Trinajstić information content (AvgIpc) is 2.79. The lowest BCUT2D eigenvalue weighted by Gasteiger charge is -2.09. The number of pyridine rings is 1. The molecule has 6 nitrogen and oxygen atoms in total. The number of H-pyrrole nitrogens is 1. The first kappa shape index (κ1) is 13.2. The highest BCUT2D eigenvalue weighted by atomic mass is 19.1. The first-order valence-corrected chi connectivity index (χ1v) is 6.40. The summed E-state index contributed by atoms with van der Waals surface area (Å²) in [4.78, 5) is 18.5. The molecule has 3 rings (SSSR count). The number of aromatic amines is 1. The van der Waals surface area contributed by atoms with Crippen molar-refractivity contribution in [1.29, 1.82) is 0 Å². The van der Waals surface area contributed by atoms with Gasteiger partial charge in [0, 0.05) is 24.9 Å². The molecular formula is C14H13FN4O2. The summed E-state index contributed by atoms with van der Waals surface area (Å²) in [6.45, 7) is 2.31. The normalized spacial score (nSPS) is 11.0. The number of nitrogens with one attached hydrogen (secondary N) is 1. The number of nitrogen functional groups attached to an aromatic ring is 1. The molecule has 0 saturated carbocycles. The molecule has 0 unspecified atom stereocenters. The number of anilines is 1. The van der Waals surface area contributed by atoms with Crippen LogP contribution in [0.4, 0.5) is 10.1 Å². The number of imidazole rings is 1. The summed E-state index contributed by atoms with van der Waals surface area (Å²) in [6.07, 6.45) is 1.52. The number of halogens is 1. The van der Waals surface area contributed by atoms with Crippen molar-refractivity contribution in [2.24, 2.45) is 0 Å². The maximum Gasteiger partial charge on any atom is 0.327 e. The van der Waals surface area contributed by atoms with Gasteiger partial charge in [-0.1, -0.05) is 0 Å². The van der Waals surface area contributed by atoms with E-state index in [0.717, 1.165) is 0 Å². The van der Waals surface area contributed by atoms with Crippen molar-refractivity contribution >= 4 is 16.9 Å². The number of hydrogen-bond donors (Lipinski definition) is 2. The van der Waals surface area contributed by atoms with Crippen molar-refractivity contribution in [3.63, 3.8) is 0 Å². The van der Waals surface area contributed by atoms with Gasteiger partial charge in [0.25, 0.3) is 0 Å². The number of rotatable bonds is 3. The Morgan fingerprint density at radius 1 is 1.43 bits per heavy atom. The van der Waals surface area contributed by atoms with Gasteiger partial charge in [0.05, 0.1) is 5.69 Å². The standard InChI is InChI=1S/C14H13FN4O2/c1-2-19-12-11(5-6-17-13(12)18-14(19)20)21-8-3-4-10(16)9(15)7-8/h3-7H,2,16H2,1H3,(H,17,18,20). The van der Waals surface area contributed by atoms with Crippen LogP contribution in [0.25, 0.3) is 11.2 Å². The monoisotopic (exact) mass is 288 g/mol. The smallest absolute Gasteiger partial charge is 0.327 e. The van der Waals surface area contributed by atoms with Crippen LogP contribution in [0.1, 0.15) is 6.92 Å². The molecule has 1 aromatic carbocycles. The van der Waals surface area contributed by atoms with Gasteiger partial charge in [-0.25, -0.2) is 14.2 Å². The van der Waals surface area contributed by atoms with E-state index >= 15 is 0 Å². The summed E-state index contributed by atoms with van der Waals surface area (Å²) >= 11 is 0. The number of hydrogen-bond acceptors (Lipinski definition) is 4.